The van der Waals surface area contributed by atoms with Gasteiger partial charge in [-0.15, -0.1) is 0 Å². The molecule has 6 rings (SSSR count). The van der Waals surface area contributed by atoms with E-state index in [9.17, 15) is 10.1 Å². The van der Waals surface area contributed by atoms with Gasteiger partial charge in [0.15, 0.2) is 5.65 Å². The molecule has 0 radical (unpaired) electrons. The SMILES string of the molecule is CC(C)(C)OC(=O)N1CCC(Oc2ccc(-c3ncnc4nc(-c5ccc(N6CCOCC6)cc5)[nH]c34)cc2C#N)CC1. The molecule has 2 fully saturated rings. The first-order valence-corrected chi connectivity index (χ1v) is 14.6. The van der Waals surface area contributed by atoms with E-state index in [2.05, 4.69) is 38.1 Å². The Morgan fingerprint density at radius 1 is 1.02 bits per heavy atom. The van der Waals surface area contributed by atoms with Gasteiger partial charge < -0.3 is 29.0 Å². The van der Waals surface area contributed by atoms with Crippen LogP contribution >= 0.6 is 0 Å². The van der Waals surface area contributed by atoms with Crippen LogP contribution in [0.3, 0.4) is 0 Å². The van der Waals surface area contributed by atoms with Crippen LogP contribution in [-0.4, -0.2) is 82.0 Å². The number of ether oxygens (including phenoxy) is 3. The van der Waals surface area contributed by atoms with Gasteiger partial charge in [-0.3, -0.25) is 0 Å². The summed E-state index contributed by atoms with van der Waals surface area (Å²) in [5.74, 6) is 1.21. The summed E-state index contributed by atoms with van der Waals surface area (Å²) >= 11 is 0. The second-order valence-electron chi connectivity index (χ2n) is 11.8. The number of amides is 1. The van der Waals surface area contributed by atoms with Crippen molar-refractivity contribution in [3.63, 3.8) is 0 Å². The van der Waals surface area contributed by atoms with Crippen LogP contribution in [0.5, 0.6) is 5.75 Å². The third-order valence-electron chi connectivity index (χ3n) is 7.57. The lowest BCUT2D eigenvalue weighted by Gasteiger charge is -2.33. The van der Waals surface area contributed by atoms with Crippen LogP contribution in [0.15, 0.2) is 48.8 Å². The number of anilines is 1. The van der Waals surface area contributed by atoms with Gasteiger partial charge in [0.25, 0.3) is 0 Å². The van der Waals surface area contributed by atoms with Crippen LogP contribution < -0.4 is 9.64 Å². The van der Waals surface area contributed by atoms with E-state index >= 15 is 0 Å². The van der Waals surface area contributed by atoms with Crippen molar-refractivity contribution in [1.82, 2.24) is 24.8 Å². The number of likely N-dealkylation sites (tertiary alicyclic amines) is 1. The van der Waals surface area contributed by atoms with E-state index in [-0.39, 0.29) is 12.2 Å². The molecule has 222 valence electrons. The van der Waals surface area contributed by atoms with E-state index in [1.54, 1.807) is 11.0 Å². The van der Waals surface area contributed by atoms with E-state index in [1.807, 2.05) is 45.0 Å². The van der Waals surface area contributed by atoms with Crippen molar-refractivity contribution in [2.75, 3.05) is 44.3 Å². The van der Waals surface area contributed by atoms with Crippen molar-refractivity contribution in [1.29, 1.82) is 5.26 Å². The summed E-state index contributed by atoms with van der Waals surface area (Å²) in [6.07, 6.45) is 2.38. The zero-order valence-corrected chi connectivity index (χ0v) is 24.7. The lowest BCUT2D eigenvalue weighted by Crippen LogP contribution is -2.44. The Bertz CT molecular complexity index is 1640. The fraction of sp³-hybridized carbons (Fsp3) is 0.406. The number of hydrogen-bond donors (Lipinski definition) is 1. The minimum absolute atomic E-state index is 0.104. The van der Waals surface area contributed by atoms with Crippen molar-refractivity contribution in [3.8, 4) is 34.5 Å². The number of carbonyl (C=O) groups is 1. The summed E-state index contributed by atoms with van der Waals surface area (Å²) in [4.78, 5) is 33.4. The van der Waals surface area contributed by atoms with Crippen LogP contribution in [0.2, 0.25) is 0 Å². The summed E-state index contributed by atoms with van der Waals surface area (Å²) in [6, 6.07) is 16.0. The second-order valence-corrected chi connectivity index (χ2v) is 11.8. The first-order valence-electron chi connectivity index (χ1n) is 14.6. The van der Waals surface area contributed by atoms with Crippen molar-refractivity contribution in [3.05, 3.63) is 54.4 Å². The molecule has 2 aliphatic rings. The van der Waals surface area contributed by atoms with Crippen molar-refractivity contribution in [2.24, 2.45) is 0 Å². The van der Waals surface area contributed by atoms with Crippen molar-refractivity contribution in [2.45, 2.75) is 45.3 Å². The number of aromatic amines is 1. The smallest absolute Gasteiger partial charge is 0.410 e. The minimum Gasteiger partial charge on any atom is -0.489 e. The zero-order valence-electron chi connectivity index (χ0n) is 24.7. The molecular formula is C32H35N7O4. The van der Waals surface area contributed by atoms with Crippen molar-refractivity contribution < 1.29 is 19.0 Å². The number of nitriles is 1. The summed E-state index contributed by atoms with van der Waals surface area (Å²) in [6.45, 7) is 9.89. The fourth-order valence-corrected chi connectivity index (χ4v) is 5.37. The molecule has 0 aliphatic carbocycles. The number of nitrogens with one attached hydrogen (secondary N) is 1. The number of nitrogens with zero attached hydrogens (tertiary/aromatic N) is 6. The van der Waals surface area contributed by atoms with E-state index < -0.39 is 5.60 Å². The molecule has 0 saturated carbocycles. The molecule has 1 amide bonds. The van der Waals surface area contributed by atoms with Gasteiger partial charge in [-0.05, 0) is 63.2 Å². The van der Waals surface area contributed by atoms with Gasteiger partial charge in [-0.1, -0.05) is 0 Å². The number of H-pyrrole nitrogens is 1. The quantitative estimate of drug-likeness (QED) is 0.339. The van der Waals surface area contributed by atoms with Crippen LogP contribution in [0.4, 0.5) is 10.5 Å². The van der Waals surface area contributed by atoms with Gasteiger partial charge in [0.2, 0.25) is 0 Å². The monoisotopic (exact) mass is 581 g/mol. The highest BCUT2D eigenvalue weighted by atomic mass is 16.6. The molecule has 0 unspecified atom stereocenters. The topological polar surface area (TPSA) is 129 Å². The molecule has 2 aliphatic heterocycles. The minimum atomic E-state index is -0.532. The van der Waals surface area contributed by atoms with Gasteiger partial charge in [0.05, 0.1) is 24.5 Å². The largest absolute Gasteiger partial charge is 0.489 e. The molecule has 43 heavy (non-hydrogen) atoms. The maximum absolute atomic E-state index is 12.4. The average molecular weight is 582 g/mol. The summed E-state index contributed by atoms with van der Waals surface area (Å²) in [5.41, 5.74) is 4.64. The van der Waals surface area contributed by atoms with Crippen LogP contribution in [0.1, 0.15) is 39.2 Å². The highest BCUT2D eigenvalue weighted by Gasteiger charge is 2.28. The lowest BCUT2D eigenvalue weighted by atomic mass is 10.1. The molecule has 0 bridgehead atoms. The molecule has 4 aromatic rings. The molecule has 11 nitrogen and oxygen atoms in total. The molecule has 0 atom stereocenters. The Hall–Kier alpha value is -4.69. The number of benzene rings is 2. The molecular weight excluding hydrogens is 546 g/mol. The molecule has 2 saturated heterocycles. The van der Waals surface area contributed by atoms with Gasteiger partial charge >= 0.3 is 6.09 Å². The summed E-state index contributed by atoms with van der Waals surface area (Å²) < 4.78 is 17.2. The van der Waals surface area contributed by atoms with Gasteiger partial charge in [0.1, 0.15) is 41.2 Å². The second kappa shape index (κ2) is 11.9. The number of hydrogen-bond acceptors (Lipinski definition) is 9. The van der Waals surface area contributed by atoms with Crippen LogP contribution in [-0.2, 0) is 9.47 Å². The Morgan fingerprint density at radius 3 is 2.44 bits per heavy atom. The van der Waals surface area contributed by atoms with Gasteiger partial charge in [0, 0.05) is 55.8 Å². The number of aromatic nitrogens is 4. The third kappa shape index (κ3) is 6.39. The maximum Gasteiger partial charge on any atom is 0.410 e. The van der Waals surface area contributed by atoms with Gasteiger partial charge in [-0.2, -0.15) is 5.26 Å². The molecule has 1 N–H and O–H groups in total. The average Bonchev–Trinajstić information content (AvgIpc) is 3.46. The highest BCUT2D eigenvalue weighted by Crippen LogP contribution is 2.32. The predicted octanol–water partition coefficient (Wildman–Crippen LogP) is 5.17. The van der Waals surface area contributed by atoms with Gasteiger partial charge in [-0.25, -0.2) is 19.7 Å². The van der Waals surface area contributed by atoms with Crippen LogP contribution in [0.25, 0.3) is 33.8 Å². The number of piperidine rings is 1. The molecule has 0 spiro atoms. The number of carbonyl (C=O) groups excluding carboxylic acids is 1. The van der Waals surface area contributed by atoms with E-state index in [0.717, 1.165) is 43.1 Å². The van der Waals surface area contributed by atoms with Crippen molar-refractivity contribution >= 4 is 22.9 Å². The molecule has 11 heteroatoms. The number of rotatable bonds is 5. The van der Waals surface area contributed by atoms with E-state index in [4.69, 9.17) is 19.2 Å². The predicted molar refractivity (Wildman–Crippen MR) is 162 cm³/mol. The number of imidazole rings is 1. The zero-order chi connectivity index (χ0) is 30.0. The number of fused-ring (bicyclic) bond motifs is 1. The Kier molecular flexibility index (Phi) is 7.86. The summed E-state index contributed by atoms with van der Waals surface area (Å²) in [7, 11) is 0. The third-order valence-corrected chi connectivity index (χ3v) is 7.57. The first-order chi connectivity index (χ1) is 20.8. The summed E-state index contributed by atoms with van der Waals surface area (Å²) in [5, 5.41) is 9.96. The lowest BCUT2D eigenvalue weighted by molar-refractivity contribution is 0.0126. The molecule has 2 aromatic carbocycles. The van der Waals surface area contributed by atoms with E-state index in [0.29, 0.717) is 59.9 Å². The number of morpholine rings is 1. The maximum atomic E-state index is 12.4. The Balaban J connectivity index is 1.17. The Labute approximate surface area is 250 Å². The normalized spacial score (nSPS) is 16.2. The van der Waals surface area contributed by atoms with E-state index in [1.165, 1.54) is 6.33 Å². The highest BCUT2D eigenvalue weighted by molar-refractivity contribution is 5.89. The fourth-order valence-electron chi connectivity index (χ4n) is 5.37. The molecule has 2 aromatic heterocycles. The standard InChI is InChI=1S/C32H35N7O4/c1-32(2,3)43-31(40)39-12-10-25(11-13-39)42-26-9-6-22(18-23(26)19-33)27-28-30(35-20-34-27)37-29(36-28)21-4-7-24(8-5-21)38-14-16-41-17-15-38/h4-9,18,20,25H,10-17H2,1-3H3,(H,34,35,36,37). The Morgan fingerprint density at radius 2 is 1.74 bits per heavy atom. The molecule has 4 heterocycles. The van der Waals surface area contributed by atoms with Crippen LogP contribution in [0, 0.1) is 11.3 Å². The first kappa shape index (κ1) is 28.4.